The van der Waals surface area contributed by atoms with E-state index >= 15 is 0 Å². The molecule has 3 rings (SSSR count). The number of amides is 1. The van der Waals surface area contributed by atoms with E-state index < -0.39 is 0 Å². The molecule has 0 radical (unpaired) electrons. The molecule has 2 N–H and O–H groups in total. The second-order valence-corrected chi connectivity index (χ2v) is 7.46. The Hall–Kier alpha value is -1.39. The first kappa shape index (κ1) is 15.5. The second kappa shape index (κ2) is 5.67. The minimum Gasteiger partial charge on any atom is -0.366 e. The number of carbonyl (C=O) groups is 1. The summed E-state index contributed by atoms with van der Waals surface area (Å²) in [6, 6.07) is 7.64. The highest BCUT2D eigenvalue weighted by Gasteiger charge is 2.45. The molecule has 1 spiro atoms. The van der Waals surface area contributed by atoms with Crippen LogP contribution in [-0.4, -0.2) is 35.1 Å². The van der Waals surface area contributed by atoms with Crippen LogP contribution >= 0.6 is 0 Å². The van der Waals surface area contributed by atoms with Gasteiger partial charge < -0.3 is 10.5 Å². The molecule has 4 nitrogen and oxygen atoms in total. The Morgan fingerprint density at radius 3 is 2.41 bits per heavy atom. The number of primary amides is 1. The van der Waals surface area contributed by atoms with Crippen LogP contribution in [0.3, 0.4) is 0 Å². The van der Waals surface area contributed by atoms with E-state index in [0.29, 0.717) is 5.56 Å². The van der Waals surface area contributed by atoms with E-state index in [2.05, 4.69) is 18.7 Å². The predicted octanol–water partition coefficient (Wildman–Crippen LogP) is 2.71. The van der Waals surface area contributed by atoms with Gasteiger partial charge in [0.25, 0.3) is 0 Å². The van der Waals surface area contributed by atoms with Crippen LogP contribution in [0.25, 0.3) is 0 Å². The Kier molecular flexibility index (Phi) is 4.00. The highest BCUT2D eigenvalue weighted by molar-refractivity contribution is 5.92. The van der Waals surface area contributed by atoms with Crippen molar-refractivity contribution in [2.45, 2.75) is 57.3 Å². The summed E-state index contributed by atoms with van der Waals surface area (Å²) in [5.41, 5.74) is 7.03. The third kappa shape index (κ3) is 3.33. The summed E-state index contributed by atoms with van der Waals surface area (Å²) >= 11 is 0. The molecule has 0 unspecified atom stereocenters. The van der Waals surface area contributed by atoms with Gasteiger partial charge in [0.05, 0.1) is 11.2 Å². The molecule has 0 aromatic heterocycles. The third-order valence-corrected chi connectivity index (χ3v) is 4.77. The summed E-state index contributed by atoms with van der Waals surface area (Å²) in [6.45, 7) is 7.22. The lowest BCUT2D eigenvalue weighted by atomic mass is 9.93. The van der Waals surface area contributed by atoms with E-state index in [0.717, 1.165) is 19.6 Å². The summed E-state index contributed by atoms with van der Waals surface area (Å²) in [7, 11) is 0. The molecule has 1 aromatic carbocycles. The van der Waals surface area contributed by atoms with Crippen LogP contribution in [0, 0.1) is 0 Å². The summed E-state index contributed by atoms with van der Waals surface area (Å²) in [5.74, 6) is -0.371. The molecule has 22 heavy (non-hydrogen) atoms. The first-order chi connectivity index (χ1) is 10.4. The molecule has 1 saturated heterocycles. The molecule has 2 fully saturated rings. The van der Waals surface area contributed by atoms with Crippen LogP contribution in [-0.2, 0) is 11.3 Å². The lowest BCUT2D eigenvalue weighted by Crippen LogP contribution is -2.58. The molecule has 1 aliphatic heterocycles. The van der Waals surface area contributed by atoms with Gasteiger partial charge in [0, 0.05) is 25.2 Å². The smallest absolute Gasteiger partial charge is 0.248 e. The molecule has 1 aromatic rings. The van der Waals surface area contributed by atoms with Gasteiger partial charge in [-0.15, -0.1) is 0 Å². The first-order valence-electron chi connectivity index (χ1n) is 8.19. The van der Waals surface area contributed by atoms with Gasteiger partial charge in [-0.2, -0.15) is 0 Å². The highest BCUT2D eigenvalue weighted by Crippen LogP contribution is 2.40. The van der Waals surface area contributed by atoms with E-state index in [4.69, 9.17) is 10.5 Å². The molecule has 120 valence electrons. The van der Waals surface area contributed by atoms with Gasteiger partial charge in [0.2, 0.25) is 5.91 Å². The van der Waals surface area contributed by atoms with Crippen molar-refractivity contribution < 1.29 is 9.53 Å². The fourth-order valence-electron chi connectivity index (χ4n) is 4.08. The normalized spacial score (nSPS) is 23.7. The van der Waals surface area contributed by atoms with E-state index in [1.54, 1.807) is 0 Å². The molecule has 1 heterocycles. The van der Waals surface area contributed by atoms with Crippen LogP contribution in [0.5, 0.6) is 0 Å². The van der Waals surface area contributed by atoms with Crippen molar-refractivity contribution in [2.75, 3.05) is 13.1 Å². The Labute approximate surface area is 132 Å². The lowest BCUT2D eigenvalue weighted by Gasteiger charge is -2.49. The summed E-state index contributed by atoms with van der Waals surface area (Å²) < 4.78 is 6.44. The average Bonchev–Trinajstić information content (AvgIpc) is 2.84. The van der Waals surface area contributed by atoms with Crippen molar-refractivity contribution >= 4 is 5.91 Å². The zero-order valence-corrected chi connectivity index (χ0v) is 13.6. The first-order valence-corrected chi connectivity index (χ1v) is 8.19. The molecule has 0 atom stereocenters. The van der Waals surface area contributed by atoms with Crippen molar-refractivity contribution in [1.29, 1.82) is 0 Å². The van der Waals surface area contributed by atoms with Crippen LogP contribution in [0.2, 0.25) is 0 Å². The van der Waals surface area contributed by atoms with Crippen molar-refractivity contribution in [3.05, 3.63) is 35.4 Å². The molecule has 4 heteroatoms. The fourth-order valence-corrected chi connectivity index (χ4v) is 4.08. The van der Waals surface area contributed by atoms with Crippen LogP contribution in [0.1, 0.15) is 55.5 Å². The number of hydrogen-bond donors (Lipinski definition) is 1. The number of carbonyl (C=O) groups excluding carboxylic acids is 1. The Morgan fingerprint density at radius 1 is 1.18 bits per heavy atom. The number of nitrogens with zero attached hydrogens (tertiary/aromatic N) is 1. The SMILES string of the molecule is CC1(C)CN(Cc2ccc(C(N)=O)cc2)CC2(CCCC2)O1. The minimum atomic E-state index is -0.371. The van der Waals surface area contributed by atoms with Crippen LogP contribution in [0.15, 0.2) is 24.3 Å². The summed E-state index contributed by atoms with van der Waals surface area (Å²) in [4.78, 5) is 13.6. The molecule has 2 aliphatic rings. The third-order valence-electron chi connectivity index (χ3n) is 4.77. The summed E-state index contributed by atoms with van der Waals surface area (Å²) in [5, 5.41) is 0. The zero-order valence-electron chi connectivity index (χ0n) is 13.6. The number of morpholine rings is 1. The molecule has 1 amide bonds. The maximum Gasteiger partial charge on any atom is 0.248 e. The van der Waals surface area contributed by atoms with Gasteiger partial charge in [-0.05, 0) is 44.4 Å². The Morgan fingerprint density at radius 2 is 1.82 bits per heavy atom. The highest BCUT2D eigenvalue weighted by atomic mass is 16.5. The van der Waals surface area contributed by atoms with Crippen molar-refractivity contribution in [3.8, 4) is 0 Å². The Balaban J connectivity index is 1.72. The van der Waals surface area contributed by atoms with Crippen LogP contribution in [0.4, 0.5) is 0 Å². The van der Waals surface area contributed by atoms with Gasteiger partial charge in [-0.25, -0.2) is 0 Å². The van der Waals surface area contributed by atoms with Crippen molar-refractivity contribution in [3.63, 3.8) is 0 Å². The van der Waals surface area contributed by atoms with E-state index in [1.807, 2.05) is 24.3 Å². The van der Waals surface area contributed by atoms with Gasteiger partial charge in [0.15, 0.2) is 0 Å². The van der Waals surface area contributed by atoms with E-state index in [-0.39, 0.29) is 17.1 Å². The number of hydrogen-bond acceptors (Lipinski definition) is 3. The quantitative estimate of drug-likeness (QED) is 0.934. The van der Waals surface area contributed by atoms with Crippen molar-refractivity contribution in [2.24, 2.45) is 5.73 Å². The molecular weight excluding hydrogens is 276 g/mol. The fraction of sp³-hybridized carbons (Fsp3) is 0.611. The van der Waals surface area contributed by atoms with Crippen LogP contribution < -0.4 is 5.73 Å². The number of rotatable bonds is 3. The zero-order chi connectivity index (χ0) is 15.8. The molecule has 0 bridgehead atoms. The van der Waals surface area contributed by atoms with E-state index in [9.17, 15) is 4.79 Å². The maximum atomic E-state index is 11.2. The van der Waals surface area contributed by atoms with Gasteiger partial charge >= 0.3 is 0 Å². The Bertz CT molecular complexity index is 545. The monoisotopic (exact) mass is 302 g/mol. The number of nitrogens with two attached hydrogens (primary N) is 1. The van der Waals surface area contributed by atoms with Crippen molar-refractivity contribution in [1.82, 2.24) is 4.90 Å². The number of ether oxygens (including phenoxy) is 1. The van der Waals surface area contributed by atoms with Gasteiger partial charge in [-0.1, -0.05) is 25.0 Å². The maximum absolute atomic E-state index is 11.2. The average molecular weight is 302 g/mol. The minimum absolute atomic E-state index is 0.0505. The topological polar surface area (TPSA) is 55.6 Å². The largest absolute Gasteiger partial charge is 0.366 e. The summed E-state index contributed by atoms with van der Waals surface area (Å²) in [6.07, 6.45) is 4.90. The van der Waals surface area contributed by atoms with Gasteiger partial charge in [0.1, 0.15) is 0 Å². The standard InChI is InChI=1S/C18H26N2O2/c1-17(2)12-20(13-18(22-17)9-3-4-10-18)11-14-5-7-15(8-6-14)16(19)21/h5-8H,3-4,9-13H2,1-2H3,(H2,19,21). The molecular formula is C18H26N2O2. The molecule has 1 aliphatic carbocycles. The molecule has 1 saturated carbocycles. The van der Waals surface area contributed by atoms with E-state index in [1.165, 1.54) is 31.2 Å². The second-order valence-electron chi connectivity index (χ2n) is 7.46. The number of benzene rings is 1. The lowest BCUT2D eigenvalue weighted by molar-refractivity contribution is -0.195. The van der Waals surface area contributed by atoms with Gasteiger partial charge in [-0.3, -0.25) is 9.69 Å². The predicted molar refractivity (Wildman–Crippen MR) is 86.6 cm³/mol.